The number of likely N-dealkylation sites (N-methyl/N-ethyl adjacent to an activating group) is 1. The summed E-state index contributed by atoms with van der Waals surface area (Å²) in [6, 6.07) is 5.93. The number of halogens is 1. The van der Waals surface area contributed by atoms with Crippen molar-refractivity contribution in [3.05, 3.63) is 28.5 Å². The van der Waals surface area contributed by atoms with Gasteiger partial charge in [0.05, 0.1) is 17.7 Å². The van der Waals surface area contributed by atoms with Crippen molar-refractivity contribution >= 4 is 15.9 Å². The van der Waals surface area contributed by atoms with Gasteiger partial charge in [-0.05, 0) is 39.1 Å². The number of hydrogen-bond donors (Lipinski definition) is 1. The summed E-state index contributed by atoms with van der Waals surface area (Å²) in [6.07, 6.45) is 0.0686. The molecule has 1 atom stereocenters. The van der Waals surface area contributed by atoms with Crippen LogP contribution in [0.5, 0.6) is 5.75 Å². The fourth-order valence-electron chi connectivity index (χ4n) is 2.60. The van der Waals surface area contributed by atoms with Gasteiger partial charge in [0.15, 0.2) is 5.82 Å². The van der Waals surface area contributed by atoms with E-state index in [1.807, 2.05) is 32.0 Å². The highest BCUT2D eigenvalue weighted by molar-refractivity contribution is 9.10. The Balaban J connectivity index is 1.91. The number of ether oxygens (including phenoxy) is 1. The average molecular weight is 381 g/mol. The number of aromatic nitrogens is 2. The average Bonchev–Trinajstić information content (AvgIpc) is 2.96. The van der Waals surface area contributed by atoms with Gasteiger partial charge in [-0.25, -0.2) is 0 Å². The maximum atomic E-state index is 5.88. The van der Waals surface area contributed by atoms with Crippen molar-refractivity contribution in [1.82, 2.24) is 20.4 Å². The van der Waals surface area contributed by atoms with Crippen molar-refractivity contribution in [2.45, 2.75) is 26.0 Å². The zero-order valence-electron chi connectivity index (χ0n) is 13.5. The van der Waals surface area contributed by atoms with Crippen molar-refractivity contribution in [1.29, 1.82) is 0 Å². The molecule has 1 saturated heterocycles. The van der Waals surface area contributed by atoms with Gasteiger partial charge in [-0.1, -0.05) is 21.1 Å². The second-order valence-corrected chi connectivity index (χ2v) is 6.88. The number of piperazine rings is 1. The van der Waals surface area contributed by atoms with E-state index >= 15 is 0 Å². The van der Waals surface area contributed by atoms with E-state index in [4.69, 9.17) is 9.26 Å². The fraction of sp³-hybridized carbons (Fsp3) is 0.500. The smallest absolute Gasteiger partial charge is 0.261 e. The van der Waals surface area contributed by atoms with Crippen LogP contribution in [0.4, 0.5) is 0 Å². The molecule has 0 bridgehead atoms. The third-order valence-corrected chi connectivity index (χ3v) is 4.28. The highest BCUT2D eigenvalue weighted by atomic mass is 79.9. The minimum atomic E-state index is 0.0686. The first-order valence-electron chi connectivity index (χ1n) is 7.75. The van der Waals surface area contributed by atoms with Crippen LogP contribution in [-0.2, 0) is 0 Å². The summed E-state index contributed by atoms with van der Waals surface area (Å²) in [6.45, 7) is 6.76. The number of nitrogens with one attached hydrogen (secondary N) is 1. The fourth-order valence-corrected chi connectivity index (χ4v) is 2.94. The lowest BCUT2D eigenvalue weighted by Crippen LogP contribution is -2.44. The van der Waals surface area contributed by atoms with Crippen LogP contribution in [0.3, 0.4) is 0 Å². The second kappa shape index (κ2) is 6.98. The van der Waals surface area contributed by atoms with Crippen molar-refractivity contribution in [3.8, 4) is 17.2 Å². The Kier molecular flexibility index (Phi) is 4.99. The maximum Gasteiger partial charge on any atom is 0.261 e. The Labute approximate surface area is 144 Å². The molecule has 1 aromatic carbocycles. The van der Waals surface area contributed by atoms with Crippen LogP contribution in [0, 0.1) is 0 Å². The van der Waals surface area contributed by atoms with Gasteiger partial charge in [0.2, 0.25) is 0 Å². The van der Waals surface area contributed by atoms with Crippen LogP contribution in [-0.4, -0.2) is 47.8 Å². The Hall–Kier alpha value is -1.44. The van der Waals surface area contributed by atoms with E-state index in [2.05, 4.69) is 43.3 Å². The third kappa shape index (κ3) is 3.73. The lowest BCUT2D eigenvalue weighted by atomic mass is 10.2. The third-order valence-electron chi connectivity index (χ3n) is 3.79. The predicted octanol–water partition coefficient (Wildman–Crippen LogP) is 2.86. The summed E-state index contributed by atoms with van der Waals surface area (Å²) in [7, 11) is 2.08. The van der Waals surface area contributed by atoms with Crippen LogP contribution < -0.4 is 10.1 Å². The Morgan fingerprint density at radius 2 is 2.26 bits per heavy atom. The molecule has 1 aliphatic heterocycles. The van der Waals surface area contributed by atoms with E-state index in [1.165, 1.54) is 0 Å². The van der Waals surface area contributed by atoms with Crippen molar-refractivity contribution in [2.24, 2.45) is 0 Å². The van der Waals surface area contributed by atoms with E-state index in [0.29, 0.717) is 11.7 Å². The Bertz CT molecular complexity index is 674. The van der Waals surface area contributed by atoms with Crippen LogP contribution in [0.25, 0.3) is 11.5 Å². The normalized spacial score (nSPS) is 19.3. The molecular weight excluding hydrogens is 360 g/mol. The summed E-state index contributed by atoms with van der Waals surface area (Å²) >= 11 is 3.47. The molecule has 3 rings (SSSR count). The number of hydrogen-bond acceptors (Lipinski definition) is 6. The molecule has 23 heavy (non-hydrogen) atoms. The number of rotatable bonds is 4. The SMILES string of the molecule is CC(C)Oc1cc(Br)ccc1-c1nc(C2CNCCN2C)no1. The molecule has 1 unspecified atom stereocenters. The maximum absolute atomic E-state index is 5.88. The molecule has 6 nitrogen and oxygen atoms in total. The Morgan fingerprint density at radius 1 is 1.43 bits per heavy atom. The quantitative estimate of drug-likeness (QED) is 0.879. The van der Waals surface area contributed by atoms with E-state index in [-0.39, 0.29) is 12.1 Å². The van der Waals surface area contributed by atoms with Gasteiger partial charge in [-0.2, -0.15) is 4.98 Å². The molecule has 0 amide bonds. The van der Waals surface area contributed by atoms with Crippen molar-refractivity contribution in [3.63, 3.8) is 0 Å². The summed E-state index contributed by atoms with van der Waals surface area (Å²) in [4.78, 5) is 6.83. The summed E-state index contributed by atoms with van der Waals surface area (Å²) in [5.74, 6) is 1.93. The Morgan fingerprint density at radius 3 is 3.00 bits per heavy atom. The lowest BCUT2D eigenvalue weighted by Gasteiger charge is -2.30. The summed E-state index contributed by atoms with van der Waals surface area (Å²) < 4.78 is 12.3. The first-order valence-corrected chi connectivity index (χ1v) is 8.55. The molecule has 7 heteroatoms. The summed E-state index contributed by atoms with van der Waals surface area (Å²) in [5, 5.41) is 7.54. The zero-order valence-corrected chi connectivity index (χ0v) is 15.1. The van der Waals surface area contributed by atoms with Gasteiger partial charge < -0.3 is 14.6 Å². The first-order chi connectivity index (χ1) is 11.0. The topological polar surface area (TPSA) is 63.4 Å². The van der Waals surface area contributed by atoms with Crippen LogP contribution >= 0.6 is 15.9 Å². The standard InChI is InChI=1S/C16H21BrN4O2/c1-10(2)22-14-8-11(17)4-5-12(14)16-19-15(20-23-16)13-9-18-6-7-21(13)3/h4-5,8,10,13,18H,6-7,9H2,1-3H3. The molecule has 0 radical (unpaired) electrons. The molecule has 2 aromatic rings. The van der Waals surface area contributed by atoms with E-state index < -0.39 is 0 Å². The first kappa shape index (κ1) is 16.4. The van der Waals surface area contributed by atoms with E-state index in [0.717, 1.165) is 35.4 Å². The molecule has 124 valence electrons. The van der Waals surface area contributed by atoms with Gasteiger partial charge in [0.25, 0.3) is 5.89 Å². The number of nitrogens with zero attached hydrogens (tertiary/aromatic N) is 3. The molecule has 0 aliphatic carbocycles. The van der Waals surface area contributed by atoms with Gasteiger partial charge in [-0.3, -0.25) is 4.90 Å². The highest BCUT2D eigenvalue weighted by Gasteiger charge is 2.26. The minimum Gasteiger partial charge on any atom is -0.490 e. The highest BCUT2D eigenvalue weighted by Crippen LogP contribution is 2.33. The molecule has 2 heterocycles. The molecule has 1 aliphatic rings. The molecular formula is C16H21BrN4O2. The van der Waals surface area contributed by atoms with Crippen LogP contribution in [0.2, 0.25) is 0 Å². The molecule has 0 saturated carbocycles. The monoisotopic (exact) mass is 380 g/mol. The van der Waals surface area contributed by atoms with Crippen LogP contribution in [0.1, 0.15) is 25.7 Å². The number of benzene rings is 1. The summed E-state index contributed by atoms with van der Waals surface area (Å²) in [5.41, 5.74) is 0.812. The van der Waals surface area contributed by atoms with Crippen molar-refractivity contribution in [2.75, 3.05) is 26.7 Å². The zero-order chi connectivity index (χ0) is 16.4. The van der Waals surface area contributed by atoms with E-state index in [9.17, 15) is 0 Å². The van der Waals surface area contributed by atoms with Gasteiger partial charge in [0.1, 0.15) is 5.75 Å². The molecule has 1 fully saturated rings. The van der Waals surface area contributed by atoms with Crippen LogP contribution in [0.15, 0.2) is 27.2 Å². The van der Waals surface area contributed by atoms with Crippen molar-refractivity contribution < 1.29 is 9.26 Å². The predicted molar refractivity (Wildman–Crippen MR) is 91.4 cm³/mol. The largest absolute Gasteiger partial charge is 0.490 e. The van der Waals surface area contributed by atoms with Gasteiger partial charge in [-0.15, -0.1) is 0 Å². The molecule has 0 spiro atoms. The van der Waals surface area contributed by atoms with Gasteiger partial charge >= 0.3 is 0 Å². The minimum absolute atomic E-state index is 0.0686. The lowest BCUT2D eigenvalue weighted by molar-refractivity contribution is 0.190. The molecule has 1 N–H and O–H groups in total. The second-order valence-electron chi connectivity index (χ2n) is 5.97. The van der Waals surface area contributed by atoms with E-state index in [1.54, 1.807) is 0 Å². The molecule has 1 aromatic heterocycles. The van der Waals surface area contributed by atoms with Gasteiger partial charge in [0, 0.05) is 24.1 Å².